The fourth-order valence-corrected chi connectivity index (χ4v) is 2.34. The molecule has 0 radical (unpaired) electrons. The second-order valence-electron chi connectivity index (χ2n) is 2.95. The van der Waals surface area contributed by atoms with Crippen LogP contribution in [0.2, 0.25) is 0 Å². The van der Waals surface area contributed by atoms with E-state index in [4.69, 9.17) is 0 Å². The molecule has 0 fully saturated rings. The van der Waals surface area contributed by atoms with Crippen LogP contribution in [-0.4, -0.2) is 4.98 Å². The molecule has 2 aromatic rings. The van der Waals surface area contributed by atoms with Gasteiger partial charge in [-0.3, -0.25) is 0 Å². The molecule has 3 heteroatoms. The monoisotopic (exact) mass is 179 g/mol. The van der Waals surface area contributed by atoms with E-state index < -0.39 is 0 Å². The van der Waals surface area contributed by atoms with Crippen LogP contribution in [-0.2, 0) is 0 Å². The molecule has 0 amide bonds. The summed E-state index contributed by atoms with van der Waals surface area (Å²) in [6, 6.07) is 2.03. The first-order valence-electron chi connectivity index (χ1n) is 3.93. The first kappa shape index (κ1) is 7.68. The summed E-state index contributed by atoms with van der Waals surface area (Å²) >= 11 is 1.74. The number of thiazole rings is 1. The zero-order chi connectivity index (χ0) is 8.72. The van der Waals surface area contributed by atoms with Crippen molar-refractivity contribution in [3.63, 3.8) is 0 Å². The normalized spacial score (nSPS) is 10.9. The van der Waals surface area contributed by atoms with E-state index in [1.165, 1.54) is 16.3 Å². The molecule has 62 valence electrons. The first-order valence-corrected chi connectivity index (χ1v) is 4.75. The third kappa shape index (κ3) is 0.932. The average molecular weight is 179 g/mol. The molecule has 0 aliphatic heterocycles. The number of hydrogen-bond donors (Lipinski definition) is 0. The SMILES string of the molecule is Cc1sc2nccc(C)[n+]2c1C. The quantitative estimate of drug-likeness (QED) is 0.564. The molecule has 0 bridgehead atoms. The largest absolute Gasteiger partial charge is 0.387 e. The smallest absolute Gasteiger partial charge is 0.188 e. The van der Waals surface area contributed by atoms with Gasteiger partial charge in [0.2, 0.25) is 0 Å². The Labute approximate surface area is 75.5 Å². The molecular weight excluding hydrogens is 168 g/mol. The van der Waals surface area contributed by atoms with Crippen LogP contribution in [0.5, 0.6) is 0 Å². The van der Waals surface area contributed by atoms with Crippen molar-refractivity contribution in [2.45, 2.75) is 20.8 Å². The molecule has 0 saturated carbocycles. The van der Waals surface area contributed by atoms with E-state index in [1.54, 1.807) is 11.3 Å². The van der Waals surface area contributed by atoms with Gasteiger partial charge < -0.3 is 0 Å². The van der Waals surface area contributed by atoms with Crippen molar-refractivity contribution in [2.75, 3.05) is 0 Å². The number of hydrogen-bond acceptors (Lipinski definition) is 2. The minimum atomic E-state index is 1.09. The molecule has 0 unspecified atom stereocenters. The van der Waals surface area contributed by atoms with Gasteiger partial charge in [0.25, 0.3) is 0 Å². The van der Waals surface area contributed by atoms with E-state index in [9.17, 15) is 0 Å². The zero-order valence-corrected chi connectivity index (χ0v) is 8.27. The van der Waals surface area contributed by atoms with Crippen molar-refractivity contribution >= 4 is 16.3 Å². The van der Waals surface area contributed by atoms with Gasteiger partial charge in [0, 0.05) is 6.07 Å². The summed E-state index contributed by atoms with van der Waals surface area (Å²) in [5.74, 6) is 0. The Morgan fingerprint density at radius 1 is 1.33 bits per heavy atom. The van der Waals surface area contributed by atoms with E-state index >= 15 is 0 Å². The van der Waals surface area contributed by atoms with Gasteiger partial charge in [-0.1, -0.05) is 0 Å². The molecule has 2 rings (SSSR count). The molecule has 0 aromatic carbocycles. The third-order valence-electron chi connectivity index (χ3n) is 2.13. The molecule has 0 saturated heterocycles. The molecular formula is C9H11N2S+. The maximum atomic E-state index is 4.31. The highest BCUT2D eigenvalue weighted by Gasteiger charge is 2.14. The van der Waals surface area contributed by atoms with Gasteiger partial charge >= 0.3 is 4.96 Å². The number of aryl methyl sites for hydroxylation is 3. The van der Waals surface area contributed by atoms with Crippen LogP contribution >= 0.6 is 11.3 Å². The summed E-state index contributed by atoms with van der Waals surface area (Å²) in [5, 5.41) is 0. The van der Waals surface area contributed by atoms with Crippen LogP contribution in [0.3, 0.4) is 0 Å². The van der Waals surface area contributed by atoms with Crippen LogP contribution in [0.15, 0.2) is 12.3 Å². The predicted octanol–water partition coefficient (Wildman–Crippen LogP) is 1.81. The van der Waals surface area contributed by atoms with E-state index in [0.29, 0.717) is 0 Å². The van der Waals surface area contributed by atoms with E-state index in [0.717, 1.165) is 4.96 Å². The van der Waals surface area contributed by atoms with Gasteiger partial charge in [0.1, 0.15) is 17.6 Å². The summed E-state index contributed by atoms with van der Waals surface area (Å²) < 4.78 is 2.19. The fraction of sp³-hybridized carbons (Fsp3) is 0.333. The Kier molecular flexibility index (Phi) is 1.61. The van der Waals surface area contributed by atoms with Crippen LogP contribution in [0, 0.1) is 20.8 Å². The fourth-order valence-electron chi connectivity index (χ4n) is 1.34. The highest BCUT2D eigenvalue weighted by atomic mass is 32.1. The third-order valence-corrected chi connectivity index (χ3v) is 3.21. The van der Waals surface area contributed by atoms with Crippen molar-refractivity contribution in [3.8, 4) is 0 Å². The second-order valence-corrected chi connectivity index (χ2v) is 4.13. The van der Waals surface area contributed by atoms with Crippen molar-refractivity contribution in [3.05, 3.63) is 28.5 Å². The highest BCUT2D eigenvalue weighted by Crippen LogP contribution is 2.14. The number of aromatic nitrogens is 2. The van der Waals surface area contributed by atoms with Gasteiger partial charge in [-0.2, -0.15) is 4.40 Å². The Morgan fingerprint density at radius 3 is 2.75 bits per heavy atom. The molecule has 0 atom stereocenters. The molecule has 0 aliphatic carbocycles. The molecule has 0 spiro atoms. The number of fused-ring (bicyclic) bond motifs is 1. The zero-order valence-electron chi connectivity index (χ0n) is 7.46. The van der Waals surface area contributed by atoms with Crippen LogP contribution in [0.4, 0.5) is 0 Å². The van der Waals surface area contributed by atoms with Gasteiger partial charge in [-0.15, -0.1) is 0 Å². The lowest BCUT2D eigenvalue weighted by Gasteiger charge is -1.90. The summed E-state index contributed by atoms with van der Waals surface area (Å²) in [5.41, 5.74) is 2.56. The van der Waals surface area contributed by atoms with Crippen molar-refractivity contribution < 1.29 is 4.40 Å². The lowest BCUT2D eigenvalue weighted by atomic mass is 10.4. The minimum absolute atomic E-state index is 1.09. The Balaban J connectivity index is 2.97. The second kappa shape index (κ2) is 2.52. The molecule has 0 aliphatic rings. The van der Waals surface area contributed by atoms with Gasteiger partial charge in [0.15, 0.2) is 0 Å². The molecule has 2 nitrogen and oxygen atoms in total. The predicted molar refractivity (Wildman–Crippen MR) is 49.5 cm³/mol. The highest BCUT2D eigenvalue weighted by molar-refractivity contribution is 7.16. The maximum absolute atomic E-state index is 4.31. The van der Waals surface area contributed by atoms with Gasteiger partial charge in [0.05, 0.1) is 4.88 Å². The molecule has 2 heterocycles. The van der Waals surface area contributed by atoms with Gasteiger partial charge in [-0.25, -0.2) is 0 Å². The standard InChI is InChI=1S/C9H11N2S/c1-6-4-5-10-9-11(6)7(2)8(3)12-9/h4-5H,1-3H3/q+1. The molecule has 2 aromatic heterocycles. The topological polar surface area (TPSA) is 17.0 Å². The average Bonchev–Trinajstić information content (AvgIpc) is 2.29. The van der Waals surface area contributed by atoms with E-state index in [-0.39, 0.29) is 0 Å². The first-order chi connectivity index (χ1) is 5.70. The maximum Gasteiger partial charge on any atom is 0.387 e. The minimum Gasteiger partial charge on any atom is -0.188 e. The molecule has 12 heavy (non-hydrogen) atoms. The van der Waals surface area contributed by atoms with E-state index in [1.807, 2.05) is 12.3 Å². The lowest BCUT2D eigenvalue weighted by Crippen LogP contribution is -2.27. The van der Waals surface area contributed by atoms with Gasteiger partial charge in [-0.05, 0) is 37.1 Å². The number of nitrogens with zero attached hydrogens (tertiary/aromatic N) is 2. The molecule has 0 N–H and O–H groups in total. The summed E-state index contributed by atoms with van der Waals surface area (Å²) in [6.45, 7) is 6.37. The summed E-state index contributed by atoms with van der Waals surface area (Å²) in [6.07, 6.45) is 1.86. The van der Waals surface area contributed by atoms with Crippen molar-refractivity contribution in [1.29, 1.82) is 0 Å². The van der Waals surface area contributed by atoms with Crippen LogP contribution < -0.4 is 4.40 Å². The Bertz CT molecular complexity index is 431. The lowest BCUT2D eigenvalue weighted by molar-refractivity contribution is -0.525. The van der Waals surface area contributed by atoms with Crippen molar-refractivity contribution in [1.82, 2.24) is 4.98 Å². The van der Waals surface area contributed by atoms with E-state index in [2.05, 4.69) is 30.2 Å². The number of rotatable bonds is 0. The van der Waals surface area contributed by atoms with Crippen LogP contribution in [0.25, 0.3) is 4.96 Å². The summed E-state index contributed by atoms with van der Waals surface area (Å²) in [4.78, 5) is 6.74. The van der Waals surface area contributed by atoms with Crippen LogP contribution in [0.1, 0.15) is 16.3 Å². The summed E-state index contributed by atoms with van der Waals surface area (Å²) in [7, 11) is 0. The Hall–Kier alpha value is -0.960. The van der Waals surface area contributed by atoms with Crippen molar-refractivity contribution in [2.24, 2.45) is 0 Å². The Morgan fingerprint density at radius 2 is 2.08 bits per heavy atom.